The van der Waals surface area contributed by atoms with E-state index in [1.54, 1.807) is 6.20 Å². The molecule has 3 rings (SSSR count). The third-order valence-corrected chi connectivity index (χ3v) is 2.88. The molecular weight excluding hydrogens is 214 g/mol. The lowest BCUT2D eigenvalue weighted by atomic mass is 10.1. The van der Waals surface area contributed by atoms with E-state index in [2.05, 4.69) is 16.0 Å². The van der Waals surface area contributed by atoms with Crippen molar-refractivity contribution in [1.82, 2.24) is 14.5 Å². The van der Waals surface area contributed by atoms with Crippen LogP contribution >= 0.6 is 0 Å². The second-order valence-corrected chi connectivity index (χ2v) is 3.92. The number of rotatable bonds is 3. The number of aliphatic hydroxyl groups is 1. The van der Waals surface area contributed by atoms with Gasteiger partial charge in [-0.15, -0.1) is 0 Å². The first-order chi connectivity index (χ1) is 8.40. The molecule has 0 bridgehead atoms. The molecule has 2 N–H and O–H groups in total. The molecule has 0 aliphatic rings. The molecule has 86 valence electrons. The molecular formula is C13H13N3O. The van der Waals surface area contributed by atoms with Crippen molar-refractivity contribution in [1.29, 1.82) is 0 Å². The molecule has 4 heteroatoms. The molecule has 2 aromatic heterocycles. The zero-order valence-electron chi connectivity index (χ0n) is 9.30. The highest BCUT2D eigenvalue weighted by Gasteiger charge is 2.09. The summed E-state index contributed by atoms with van der Waals surface area (Å²) in [6.45, 7) is 0.677. The molecule has 0 saturated heterocycles. The molecule has 0 atom stereocenters. The number of para-hydroxylation sites is 1. The highest BCUT2D eigenvalue weighted by atomic mass is 16.3. The number of nitrogens with one attached hydrogen (secondary N) is 1. The van der Waals surface area contributed by atoms with Gasteiger partial charge in [0.05, 0.1) is 12.1 Å². The Morgan fingerprint density at radius 1 is 1.29 bits per heavy atom. The number of hydrogen-bond donors (Lipinski definition) is 2. The van der Waals surface area contributed by atoms with Crippen LogP contribution in [-0.2, 0) is 6.54 Å². The fourth-order valence-corrected chi connectivity index (χ4v) is 2.11. The number of imidazole rings is 1. The minimum atomic E-state index is 0.115. The Bertz CT molecular complexity index is 639. The average molecular weight is 227 g/mol. The second-order valence-electron chi connectivity index (χ2n) is 3.92. The zero-order chi connectivity index (χ0) is 11.7. The fourth-order valence-electron chi connectivity index (χ4n) is 2.11. The minimum Gasteiger partial charge on any atom is -0.395 e. The SMILES string of the molecule is OCCn1ccnc1-c1cccc2cc[nH]c12. The van der Waals surface area contributed by atoms with E-state index in [0.717, 1.165) is 16.9 Å². The van der Waals surface area contributed by atoms with Crippen LogP contribution in [0, 0.1) is 0 Å². The predicted octanol–water partition coefficient (Wildman–Crippen LogP) is 2.02. The number of aliphatic hydroxyl groups excluding tert-OH is 1. The largest absolute Gasteiger partial charge is 0.395 e. The molecule has 1 aromatic carbocycles. The van der Waals surface area contributed by atoms with E-state index in [4.69, 9.17) is 5.11 Å². The predicted molar refractivity (Wildman–Crippen MR) is 66.6 cm³/mol. The maximum atomic E-state index is 9.03. The number of aromatic amines is 1. The summed E-state index contributed by atoms with van der Waals surface area (Å²) < 4.78 is 1.95. The van der Waals surface area contributed by atoms with Crippen LogP contribution in [0.5, 0.6) is 0 Å². The summed E-state index contributed by atoms with van der Waals surface area (Å²) in [7, 11) is 0. The monoisotopic (exact) mass is 227 g/mol. The van der Waals surface area contributed by atoms with E-state index in [-0.39, 0.29) is 6.61 Å². The maximum Gasteiger partial charge on any atom is 0.142 e. The third-order valence-electron chi connectivity index (χ3n) is 2.88. The third kappa shape index (κ3) is 1.62. The number of nitrogens with zero attached hydrogens (tertiary/aromatic N) is 2. The quantitative estimate of drug-likeness (QED) is 0.719. The second kappa shape index (κ2) is 4.07. The first-order valence-electron chi connectivity index (χ1n) is 5.58. The van der Waals surface area contributed by atoms with E-state index in [1.807, 2.05) is 35.2 Å². The summed E-state index contributed by atoms with van der Waals surface area (Å²) in [5, 5.41) is 10.2. The minimum absolute atomic E-state index is 0.115. The molecule has 0 saturated carbocycles. The number of benzene rings is 1. The highest BCUT2D eigenvalue weighted by Crippen LogP contribution is 2.26. The standard InChI is InChI=1S/C13H13N3O/c17-9-8-16-7-6-15-13(16)11-3-1-2-10-4-5-14-12(10)11/h1-7,14,17H,8-9H2. The van der Waals surface area contributed by atoms with Gasteiger partial charge in [-0.25, -0.2) is 4.98 Å². The van der Waals surface area contributed by atoms with Gasteiger partial charge in [-0.05, 0) is 12.1 Å². The first kappa shape index (κ1) is 10.1. The topological polar surface area (TPSA) is 53.8 Å². The molecule has 0 unspecified atom stereocenters. The molecule has 0 radical (unpaired) electrons. The van der Waals surface area contributed by atoms with Gasteiger partial charge in [0.25, 0.3) is 0 Å². The number of H-pyrrole nitrogens is 1. The van der Waals surface area contributed by atoms with Gasteiger partial charge < -0.3 is 14.7 Å². The summed E-state index contributed by atoms with van der Waals surface area (Å²) in [6.07, 6.45) is 5.56. The van der Waals surface area contributed by atoms with Crippen molar-refractivity contribution in [2.45, 2.75) is 6.54 Å². The van der Waals surface area contributed by atoms with E-state index in [9.17, 15) is 0 Å². The first-order valence-corrected chi connectivity index (χ1v) is 5.58. The van der Waals surface area contributed by atoms with Crippen molar-refractivity contribution in [3.63, 3.8) is 0 Å². The fraction of sp³-hybridized carbons (Fsp3) is 0.154. The van der Waals surface area contributed by atoms with Crippen molar-refractivity contribution in [2.24, 2.45) is 0 Å². The Morgan fingerprint density at radius 2 is 2.24 bits per heavy atom. The Balaban J connectivity index is 2.20. The molecule has 0 amide bonds. The van der Waals surface area contributed by atoms with E-state index in [0.29, 0.717) is 6.54 Å². The van der Waals surface area contributed by atoms with Crippen LogP contribution in [-0.4, -0.2) is 26.2 Å². The normalized spacial score (nSPS) is 11.1. The molecule has 3 aromatic rings. The van der Waals surface area contributed by atoms with Gasteiger partial charge in [-0.3, -0.25) is 0 Å². The highest BCUT2D eigenvalue weighted by molar-refractivity contribution is 5.92. The van der Waals surface area contributed by atoms with Gasteiger partial charge in [-0.2, -0.15) is 0 Å². The molecule has 2 heterocycles. The summed E-state index contributed by atoms with van der Waals surface area (Å²) in [4.78, 5) is 7.60. The molecule has 0 fully saturated rings. The van der Waals surface area contributed by atoms with E-state index in [1.165, 1.54) is 5.39 Å². The summed E-state index contributed by atoms with van der Waals surface area (Å²) in [5.74, 6) is 0.882. The van der Waals surface area contributed by atoms with Gasteiger partial charge >= 0.3 is 0 Å². The van der Waals surface area contributed by atoms with Crippen LogP contribution in [0.25, 0.3) is 22.3 Å². The lowest BCUT2D eigenvalue weighted by molar-refractivity contribution is 0.277. The van der Waals surface area contributed by atoms with Crippen LogP contribution in [0.2, 0.25) is 0 Å². The van der Waals surface area contributed by atoms with Crippen molar-refractivity contribution in [2.75, 3.05) is 6.61 Å². The van der Waals surface area contributed by atoms with Crippen LogP contribution in [0.4, 0.5) is 0 Å². The average Bonchev–Trinajstić information content (AvgIpc) is 2.96. The van der Waals surface area contributed by atoms with Crippen LogP contribution < -0.4 is 0 Å². The lowest BCUT2D eigenvalue weighted by Gasteiger charge is -2.07. The molecule has 0 aliphatic carbocycles. The number of fused-ring (bicyclic) bond motifs is 1. The summed E-state index contributed by atoms with van der Waals surface area (Å²) in [6, 6.07) is 8.16. The molecule has 0 spiro atoms. The van der Waals surface area contributed by atoms with E-state index < -0.39 is 0 Å². The molecule has 17 heavy (non-hydrogen) atoms. The van der Waals surface area contributed by atoms with Crippen molar-refractivity contribution in [3.8, 4) is 11.4 Å². The van der Waals surface area contributed by atoms with Crippen molar-refractivity contribution < 1.29 is 5.11 Å². The van der Waals surface area contributed by atoms with Gasteiger partial charge in [0, 0.05) is 36.1 Å². The molecule has 4 nitrogen and oxygen atoms in total. The molecule has 0 aliphatic heterocycles. The number of aromatic nitrogens is 3. The Morgan fingerprint density at radius 3 is 3.12 bits per heavy atom. The van der Waals surface area contributed by atoms with Gasteiger partial charge in [0.15, 0.2) is 0 Å². The summed E-state index contributed by atoms with van der Waals surface area (Å²) in [5.41, 5.74) is 2.14. The van der Waals surface area contributed by atoms with E-state index >= 15 is 0 Å². The van der Waals surface area contributed by atoms with Crippen LogP contribution in [0.1, 0.15) is 0 Å². The lowest BCUT2D eigenvalue weighted by Crippen LogP contribution is -2.03. The Kier molecular flexibility index (Phi) is 2.42. The van der Waals surface area contributed by atoms with Gasteiger partial charge in [0.2, 0.25) is 0 Å². The van der Waals surface area contributed by atoms with Crippen LogP contribution in [0.3, 0.4) is 0 Å². The smallest absolute Gasteiger partial charge is 0.142 e. The Labute approximate surface area is 98.5 Å². The van der Waals surface area contributed by atoms with Crippen LogP contribution in [0.15, 0.2) is 42.9 Å². The summed E-state index contributed by atoms with van der Waals surface area (Å²) >= 11 is 0. The maximum absolute atomic E-state index is 9.03. The van der Waals surface area contributed by atoms with Crippen molar-refractivity contribution in [3.05, 3.63) is 42.9 Å². The van der Waals surface area contributed by atoms with Gasteiger partial charge in [0.1, 0.15) is 5.82 Å². The van der Waals surface area contributed by atoms with Crippen molar-refractivity contribution >= 4 is 10.9 Å². The zero-order valence-corrected chi connectivity index (χ0v) is 9.30. The number of hydrogen-bond acceptors (Lipinski definition) is 2. The van der Waals surface area contributed by atoms with Gasteiger partial charge in [-0.1, -0.05) is 12.1 Å². The Hall–Kier alpha value is -2.07.